The standard InChI is InChI=1S/C18H20ClFO/c1-12-5-7-16(14(9-12)18(2,3)4)21-17-8-6-13(11-19)10-15(17)20/h5-10H,11H2,1-4H3. The lowest BCUT2D eigenvalue weighted by Gasteiger charge is -2.23. The van der Waals surface area contributed by atoms with Crippen LogP contribution in [0, 0.1) is 12.7 Å². The molecule has 112 valence electrons. The molecule has 0 amide bonds. The van der Waals surface area contributed by atoms with Crippen LogP contribution < -0.4 is 4.74 Å². The molecule has 2 rings (SSSR count). The third-order valence-corrected chi connectivity index (χ3v) is 3.62. The molecular weight excluding hydrogens is 287 g/mol. The third kappa shape index (κ3) is 3.76. The summed E-state index contributed by atoms with van der Waals surface area (Å²) in [6.07, 6.45) is 0. The fourth-order valence-corrected chi connectivity index (χ4v) is 2.31. The van der Waals surface area contributed by atoms with Gasteiger partial charge >= 0.3 is 0 Å². The van der Waals surface area contributed by atoms with Crippen molar-refractivity contribution < 1.29 is 9.13 Å². The van der Waals surface area contributed by atoms with Crippen molar-refractivity contribution in [2.75, 3.05) is 0 Å². The zero-order valence-electron chi connectivity index (χ0n) is 12.8. The highest BCUT2D eigenvalue weighted by molar-refractivity contribution is 6.17. The van der Waals surface area contributed by atoms with Crippen LogP contribution in [0.15, 0.2) is 36.4 Å². The Morgan fingerprint density at radius 3 is 2.29 bits per heavy atom. The van der Waals surface area contributed by atoms with Gasteiger partial charge in [-0.25, -0.2) is 4.39 Å². The van der Waals surface area contributed by atoms with E-state index in [1.807, 2.05) is 19.1 Å². The van der Waals surface area contributed by atoms with Crippen LogP contribution in [0.2, 0.25) is 0 Å². The minimum absolute atomic E-state index is 0.0755. The first kappa shape index (κ1) is 15.8. The second kappa shape index (κ2) is 6.07. The van der Waals surface area contributed by atoms with E-state index in [1.54, 1.807) is 12.1 Å². The molecule has 0 unspecified atom stereocenters. The number of benzene rings is 2. The first-order chi connectivity index (χ1) is 9.81. The minimum atomic E-state index is -0.395. The highest BCUT2D eigenvalue weighted by Gasteiger charge is 2.20. The minimum Gasteiger partial charge on any atom is -0.454 e. The molecule has 0 radical (unpaired) electrons. The van der Waals surface area contributed by atoms with Crippen molar-refractivity contribution in [3.63, 3.8) is 0 Å². The van der Waals surface area contributed by atoms with Crippen molar-refractivity contribution in [1.82, 2.24) is 0 Å². The number of alkyl halides is 1. The lowest BCUT2D eigenvalue weighted by atomic mass is 9.85. The molecule has 0 aromatic heterocycles. The lowest BCUT2D eigenvalue weighted by molar-refractivity contribution is 0.424. The van der Waals surface area contributed by atoms with Crippen molar-refractivity contribution in [2.45, 2.75) is 39.0 Å². The molecule has 0 spiro atoms. The van der Waals surface area contributed by atoms with E-state index in [1.165, 1.54) is 6.07 Å². The molecular formula is C18H20ClFO. The molecule has 21 heavy (non-hydrogen) atoms. The maximum Gasteiger partial charge on any atom is 0.166 e. The van der Waals surface area contributed by atoms with E-state index in [2.05, 4.69) is 26.8 Å². The second-order valence-corrected chi connectivity index (χ2v) is 6.52. The first-order valence-corrected chi connectivity index (χ1v) is 7.48. The van der Waals surface area contributed by atoms with Crippen molar-refractivity contribution in [3.05, 3.63) is 58.9 Å². The monoisotopic (exact) mass is 306 g/mol. The summed E-state index contributed by atoms with van der Waals surface area (Å²) in [4.78, 5) is 0. The predicted molar refractivity (Wildman–Crippen MR) is 85.9 cm³/mol. The van der Waals surface area contributed by atoms with Crippen LogP contribution >= 0.6 is 11.6 Å². The molecule has 2 aromatic carbocycles. The van der Waals surface area contributed by atoms with E-state index in [9.17, 15) is 4.39 Å². The summed E-state index contributed by atoms with van der Waals surface area (Å²) >= 11 is 5.71. The van der Waals surface area contributed by atoms with E-state index < -0.39 is 5.82 Å². The Kier molecular flexibility index (Phi) is 4.58. The molecule has 0 aliphatic rings. The van der Waals surface area contributed by atoms with E-state index >= 15 is 0 Å². The molecule has 0 aliphatic heterocycles. The van der Waals surface area contributed by atoms with Gasteiger partial charge in [-0.15, -0.1) is 11.6 Å². The van der Waals surface area contributed by atoms with Gasteiger partial charge in [-0.1, -0.05) is 44.5 Å². The molecule has 0 saturated carbocycles. The van der Waals surface area contributed by atoms with Crippen LogP contribution in [0.25, 0.3) is 0 Å². The quantitative estimate of drug-likeness (QED) is 0.635. The Hall–Kier alpha value is -1.54. The number of ether oxygens (including phenoxy) is 1. The van der Waals surface area contributed by atoms with Crippen molar-refractivity contribution in [2.24, 2.45) is 0 Å². The van der Waals surface area contributed by atoms with Gasteiger partial charge in [0, 0.05) is 11.4 Å². The fourth-order valence-electron chi connectivity index (χ4n) is 2.15. The normalized spacial score (nSPS) is 11.5. The number of hydrogen-bond acceptors (Lipinski definition) is 1. The zero-order chi connectivity index (χ0) is 15.6. The number of aryl methyl sites for hydroxylation is 1. The Bertz CT molecular complexity index is 644. The fraction of sp³-hybridized carbons (Fsp3) is 0.333. The smallest absolute Gasteiger partial charge is 0.166 e. The second-order valence-electron chi connectivity index (χ2n) is 6.25. The summed E-state index contributed by atoms with van der Waals surface area (Å²) in [5, 5.41) is 0. The van der Waals surface area contributed by atoms with Crippen molar-refractivity contribution >= 4 is 11.6 Å². The molecule has 0 atom stereocenters. The Morgan fingerprint density at radius 1 is 1.05 bits per heavy atom. The number of rotatable bonds is 3. The van der Waals surface area contributed by atoms with E-state index in [4.69, 9.17) is 16.3 Å². The Labute approximate surface area is 130 Å². The topological polar surface area (TPSA) is 9.23 Å². The Morgan fingerprint density at radius 2 is 1.71 bits per heavy atom. The van der Waals surface area contributed by atoms with Crippen LogP contribution in [0.3, 0.4) is 0 Å². The molecule has 0 bridgehead atoms. The first-order valence-electron chi connectivity index (χ1n) is 6.94. The molecule has 2 aromatic rings. The van der Waals surface area contributed by atoms with Gasteiger partial charge in [0.15, 0.2) is 11.6 Å². The maximum absolute atomic E-state index is 14.0. The van der Waals surface area contributed by atoms with Gasteiger partial charge in [0.1, 0.15) is 5.75 Å². The summed E-state index contributed by atoms with van der Waals surface area (Å²) in [5.41, 5.74) is 2.88. The van der Waals surface area contributed by atoms with Crippen molar-refractivity contribution in [3.8, 4) is 11.5 Å². The third-order valence-electron chi connectivity index (χ3n) is 3.31. The van der Waals surface area contributed by atoms with Gasteiger partial charge in [0.05, 0.1) is 0 Å². The van der Waals surface area contributed by atoms with Crippen LogP contribution in [0.5, 0.6) is 11.5 Å². The molecule has 0 aliphatic carbocycles. The maximum atomic E-state index is 14.0. The van der Waals surface area contributed by atoms with Crippen LogP contribution in [0.1, 0.15) is 37.5 Å². The van der Waals surface area contributed by atoms with Gasteiger partial charge in [-0.3, -0.25) is 0 Å². The SMILES string of the molecule is Cc1ccc(Oc2ccc(CCl)cc2F)c(C(C)(C)C)c1. The average molecular weight is 307 g/mol. The highest BCUT2D eigenvalue weighted by Crippen LogP contribution is 2.35. The molecule has 3 heteroatoms. The Balaban J connectivity index is 2.40. The van der Waals surface area contributed by atoms with Crippen LogP contribution in [-0.2, 0) is 11.3 Å². The molecule has 0 fully saturated rings. The summed E-state index contributed by atoms with van der Waals surface area (Å²) in [6.45, 7) is 8.37. The molecule has 0 N–H and O–H groups in total. The summed E-state index contributed by atoms with van der Waals surface area (Å²) in [6, 6.07) is 10.8. The summed E-state index contributed by atoms with van der Waals surface area (Å²) in [5.74, 6) is 0.798. The summed E-state index contributed by atoms with van der Waals surface area (Å²) < 4.78 is 19.8. The largest absolute Gasteiger partial charge is 0.454 e. The highest BCUT2D eigenvalue weighted by atomic mass is 35.5. The lowest BCUT2D eigenvalue weighted by Crippen LogP contribution is -2.13. The average Bonchev–Trinajstić information content (AvgIpc) is 2.41. The molecule has 1 nitrogen and oxygen atoms in total. The predicted octanol–water partition coefficient (Wildman–Crippen LogP) is 5.96. The van der Waals surface area contributed by atoms with Crippen LogP contribution in [-0.4, -0.2) is 0 Å². The van der Waals surface area contributed by atoms with Crippen molar-refractivity contribution in [1.29, 1.82) is 0 Å². The van der Waals surface area contributed by atoms with E-state index in [0.717, 1.165) is 16.7 Å². The zero-order valence-corrected chi connectivity index (χ0v) is 13.6. The van der Waals surface area contributed by atoms with E-state index in [-0.39, 0.29) is 17.0 Å². The summed E-state index contributed by atoms with van der Waals surface area (Å²) in [7, 11) is 0. The number of halogens is 2. The van der Waals surface area contributed by atoms with Crippen LogP contribution in [0.4, 0.5) is 4.39 Å². The van der Waals surface area contributed by atoms with Gasteiger partial charge in [0.25, 0.3) is 0 Å². The van der Waals surface area contributed by atoms with E-state index in [0.29, 0.717) is 5.75 Å². The molecule has 0 saturated heterocycles. The van der Waals surface area contributed by atoms with Gasteiger partial charge in [0.2, 0.25) is 0 Å². The van der Waals surface area contributed by atoms with Gasteiger partial charge in [-0.2, -0.15) is 0 Å². The molecule has 0 heterocycles. The van der Waals surface area contributed by atoms with Gasteiger partial charge in [-0.05, 0) is 36.1 Å². The number of hydrogen-bond donors (Lipinski definition) is 0. The van der Waals surface area contributed by atoms with Gasteiger partial charge < -0.3 is 4.74 Å².